The van der Waals surface area contributed by atoms with Gasteiger partial charge in [-0.15, -0.1) is 0 Å². The van der Waals surface area contributed by atoms with Gasteiger partial charge in [-0.2, -0.15) is 0 Å². The normalized spacial score (nSPS) is 15.6. The largest absolute Gasteiger partial charge is 0.481 e. The standard InChI is InChI=1S/C33H34N4O4S/c1-23-4-11-28(12-5-23)42(39,40)37-22-30(26-10-13-31(41-3)34-19-26)29-18-27(20-35-32(29)37)25-8-6-24(7-9-25)21-36-16-14-33(2,38)15-17-36/h4-13,18-20,22,38H,14-17,21H2,1-3H3. The second kappa shape index (κ2) is 11.0. The van der Waals surface area contributed by atoms with Gasteiger partial charge < -0.3 is 9.84 Å². The number of hydrogen-bond donors (Lipinski definition) is 1. The van der Waals surface area contributed by atoms with E-state index in [1.165, 1.54) is 9.54 Å². The molecule has 2 aromatic carbocycles. The maximum Gasteiger partial charge on any atom is 0.269 e. The van der Waals surface area contributed by atoms with E-state index in [1.807, 2.05) is 26.0 Å². The molecule has 216 valence electrons. The van der Waals surface area contributed by atoms with Gasteiger partial charge in [0.25, 0.3) is 10.0 Å². The molecule has 0 atom stereocenters. The van der Waals surface area contributed by atoms with Crippen molar-refractivity contribution >= 4 is 21.1 Å². The van der Waals surface area contributed by atoms with E-state index in [9.17, 15) is 13.5 Å². The van der Waals surface area contributed by atoms with E-state index in [4.69, 9.17) is 4.74 Å². The minimum absolute atomic E-state index is 0.197. The van der Waals surface area contributed by atoms with E-state index in [0.717, 1.165) is 54.7 Å². The van der Waals surface area contributed by atoms with Gasteiger partial charge in [0.2, 0.25) is 5.88 Å². The van der Waals surface area contributed by atoms with Crippen LogP contribution >= 0.6 is 0 Å². The molecule has 0 unspecified atom stereocenters. The number of nitrogens with zero attached hydrogens (tertiary/aromatic N) is 4. The highest BCUT2D eigenvalue weighted by Crippen LogP contribution is 2.35. The predicted molar refractivity (Wildman–Crippen MR) is 164 cm³/mol. The SMILES string of the molecule is COc1ccc(-c2cn(S(=O)(=O)c3ccc(C)cc3)c3ncc(-c4ccc(CN5CCC(C)(O)CC5)cc4)cc23)cn1. The first-order valence-corrected chi connectivity index (χ1v) is 15.4. The summed E-state index contributed by atoms with van der Waals surface area (Å²) in [5, 5.41) is 11.0. The number of likely N-dealkylation sites (tertiary alicyclic amines) is 1. The number of aryl methyl sites for hydroxylation is 1. The number of aliphatic hydroxyl groups is 1. The molecule has 0 spiro atoms. The van der Waals surface area contributed by atoms with Crippen molar-refractivity contribution in [1.82, 2.24) is 18.8 Å². The number of benzene rings is 2. The fraction of sp³-hybridized carbons (Fsp3) is 0.273. The summed E-state index contributed by atoms with van der Waals surface area (Å²) < 4.78 is 34.0. The zero-order chi connectivity index (χ0) is 29.5. The van der Waals surface area contributed by atoms with E-state index in [0.29, 0.717) is 22.5 Å². The molecular formula is C33H34N4O4S. The van der Waals surface area contributed by atoms with Gasteiger partial charge >= 0.3 is 0 Å². The van der Waals surface area contributed by atoms with Crippen LogP contribution in [-0.2, 0) is 16.6 Å². The molecule has 6 rings (SSSR count). The van der Waals surface area contributed by atoms with Crippen molar-refractivity contribution in [2.24, 2.45) is 0 Å². The molecule has 0 aliphatic carbocycles. The van der Waals surface area contributed by atoms with Crippen LogP contribution < -0.4 is 4.74 Å². The van der Waals surface area contributed by atoms with E-state index >= 15 is 0 Å². The monoisotopic (exact) mass is 582 g/mol. The van der Waals surface area contributed by atoms with Gasteiger partial charge in [-0.05, 0) is 62.1 Å². The Bertz CT molecular complexity index is 1820. The van der Waals surface area contributed by atoms with E-state index < -0.39 is 15.6 Å². The fourth-order valence-electron chi connectivity index (χ4n) is 5.39. The molecule has 0 radical (unpaired) electrons. The molecule has 9 heteroatoms. The molecule has 1 aliphatic heterocycles. The van der Waals surface area contributed by atoms with E-state index in [-0.39, 0.29) is 4.90 Å². The maximum absolute atomic E-state index is 13.8. The molecule has 4 heterocycles. The summed E-state index contributed by atoms with van der Waals surface area (Å²) in [4.78, 5) is 11.6. The van der Waals surface area contributed by atoms with Crippen molar-refractivity contribution in [2.45, 2.75) is 43.7 Å². The van der Waals surface area contributed by atoms with Crippen LogP contribution in [0.3, 0.4) is 0 Å². The number of methoxy groups -OCH3 is 1. The highest BCUT2D eigenvalue weighted by atomic mass is 32.2. The first-order valence-electron chi connectivity index (χ1n) is 14.0. The molecule has 1 saturated heterocycles. The predicted octanol–water partition coefficient (Wildman–Crippen LogP) is 5.67. The van der Waals surface area contributed by atoms with Gasteiger partial charge in [-0.25, -0.2) is 22.4 Å². The van der Waals surface area contributed by atoms with Crippen LogP contribution in [0.15, 0.2) is 90.2 Å². The molecule has 0 amide bonds. The summed E-state index contributed by atoms with van der Waals surface area (Å²) in [5.41, 5.74) is 5.31. The second-order valence-corrected chi connectivity index (χ2v) is 13.1. The molecule has 42 heavy (non-hydrogen) atoms. The molecule has 1 fully saturated rings. The smallest absolute Gasteiger partial charge is 0.269 e. The Morgan fingerprint density at radius 2 is 1.57 bits per heavy atom. The summed E-state index contributed by atoms with van der Waals surface area (Å²) in [6.07, 6.45) is 6.59. The van der Waals surface area contributed by atoms with Crippen LogP contribution in [0.4, 0.5) is 0 Å². The van der Waals surface area contributed by atoms with Crippen LogP contribution in [0.5, 0.6) is 5.88 Å². The third-order valence-corrected chi connectivity index (χ3v) is 9.74. The molecule has 8 nitrogen and oxygen atoms in total. The van der Waals surface area contributed by atoms with E-state index in [2.05, 4.69) is 39.1 Å². The molecule has 3 aromatic heterocycles. The lowest BCUT2D eigenvalue weighted by Gasteiger charge is -2.35. The van der Waals surface area contributed by atoms with Crippen molar-refractivity contribution < 1.29 is 18.3 Å². The lowest BCUT2D eigenvalue weighted by molar-refractivity contribution is -0.00730. The van der Waals surface area contributed by atoms with Crippen LogP contribution in [0.25, 0.3) is 33.3 Å². The zero-order valence-electron chi connectivity index (χ0n) is 24.0. The quantitative estimate of drug-likeness (QED) is 0.264. The van der Waals surface area contributed by atoms with Crippen LogP contribution in [0.2, 0.25) is 0 Å². The number of hydrogen-bond acceptors (Lipinski definition) is 7. The minimum Gasteiger partial charge on any atom is -0.481 e. The zero-order valence-corrected chi connectivity index (χ0v) is 24.8. The van der Waals surface area contributed by atoms with Gasteiger partial charge in [-0.3, -0.25) is 4.90 Å². The molecule has 1 aliphatic rings. The summed E-state index contributed by atoms with van der Waals surface area (Å²) in [6.45, 7) is 6.42. The summed E-state index contributed by atoms with van der Waals surface area (Å²) in [6, 6.07) is 20.8. The molecule has 1 N–H and O–H groups in total. The average Bonchev–Trinajstić information content (AvgIpc) is 3.39. The van der Waals surface area contributed by atoms with Crippen molar-refractivity contribution in [3.63, 3.8) is 0 Å². The maximum atomic E-state index is 13.8. The fourth-order valence-corrected chi connectivity index (χ4v) is 6.71. The molecule has 0 bridgehead atoms. The van der Waals surface area contributed by atoms with Crippen molar-refractivity contribution in [2.75, 3.05) is 20.2 Å². The van der Waals surface area contributed by atoms with Crippen molar-refractivity contribution in [3.05, 3.63) is 96.4 Å². The Morgan fingerprint density at radius 3 is 2.21 bits per heavy atom. The second-order valence-electron chi connectivity index (χ2n) is 11.3. The molecule has 0 saturated carbocycles. The Kier molecular flexibility index (Phi) is 7.34. The average molecular weight is 583 g/mol. The third kappa shape index (κ3) is 5.55. The van der Waals surface area contributed by atoms with Gasteiger partial charge in [0.1, 0.15) is 0 Å². The van der Waals surface area contributed by atoms with Gasteiger partial charge in [-0.1, -0.05) is 42.0 Å². The lowest BCUT2D eigenvalue weighted by Crippen LogP contribution is -2.41. The van der Waals surface area contributed by atoms with Gasteiger partial charge in [0.05, 0.1) is 17.6 Å². The molecular weight excluding hydrogens is 548 g/mol. The number of aromatic nitrogens is 3. The summed E-state index contributed by atoms with van der Waals surface area (Å²) in [7, 11) is -2.34. The Morgan fingerprint density at radius 1 is 0.905 bits per heavy atom. The third-order valence-electron chi connectivity index (χ3n) is 8.07. The van der Waals surface area contributed by atoms with Crippen molar-refractivity contribution in [3.8, 4) is 28.1 Å². The summed E-state index contributed by atoms with van der Waals surface area (Å²) in [5.74, 6) is 0.476. The Balaban J connectivity index is 1.38. The summed E-state index contributed by atoms with van der Waals surface area (Å²) >= 11 is 0. The highest BCUT2D eigenvalue weighted by molar-refractivity contribution is 7.90. The lowest BCUT2D eigenvalue weighted by atomic mass is 9.93. The number of piperidine rings is 1. The number of pyridine rings is 2. The Hall–Kier alpha value is -4.05. The van der Waals surface area contributed by atoms with Crippen LogP contribution in [0, 0.1) is 6.92 Å². The van der Waals surface area contributed by atoms with Gasteiger partial charge in [0, 0.05) is 66.4 Å². The number of rotatable bonds is 7. The van der Waals surface area contributed by atoms with Gasteiger partial charge in [0.15, 0.2) is 5.65 Å². The van der Waals surface area contributed by atoms with E-state index in [1.54, 1.807) is 56.0 Å². The topological polar surface area (TPSA) is 97.5 Å². The van der Waals surface area contributed by atoms with Crippen LogP contribution in [0.1, 0.15) is 30.9 Å². The molecule has 5 aromatic rings. The first kappa shape index (κ1) is 28.1. The Labute approximate surface area is 246 Å². The number of ether oxygens (including phenoxy) is 1. The minimum atomic E-state index is -3.90. The highest BCUT2D eigenvalue weighted by Gasteiger charge is 2.27. The van der Waals surface area contributed by atoms with Crippen molar-refractivity contribution in [1.29, 1.82) is 0 Å². The number of fused-ring (bicyclic) bond motifs is 1. The first-order chi connectivity index (χ1) is 20.1. The van der Waals surface area contributed by atoms with Crippen LogP contribution in [-0.4, -0.2) is 58.2 Å².